The molecule has 2 atom stereocenters. The van der Waals surface area contributed by atoms with Crippen LogP contribution >= 0.6 is 0 Å². The molecule has 35 heavy (non-hydrogen) atoms. The summed E-state index contributed by atoms with van der Waals surface area (Å²) >= 11 is 0. The summed E-state index contributed by atoms with van der Waals surface area (Å²) in [4.78, 5) is 15.3. The smallest absolute Gasteiger partial charge is 0.255 e. The number of para-hydroxylation sites is 1. The van der Waals surface area contributed by atoms with E-state index in [4.69, 9.17) is 0 Å². The molecule has 1 saturated heterocycles. The molecule has 1 heterocycles. The summed E-state index contributed by atoms with van der Waals surface area (Å²) in [6.45, 7) is 4.10. The number of anilines is 1. The van der Waals surface area contributed by atoms with Crippen LogP contribution in [0.1, 0.15) is 65.1 Å². The van der Waals surface area contributed by atoms with Crippen molar-refractivity contribution in [3.05, 3.63) is 101 Å². The number of nitrogens with one attached hydrogen (secondary N) is 1. The van der Waals surface area contributed by atoms with Crippen molar-refractivity contribution in [1.29, 1.82) is 5.26 Å². The number of benzene rings is 3. The number of nitriles is 1. The second kappa shape index (κ2) is 10.1. The van der Waals surface area contributed by atoms with Crippen LogP contribution in [-0.4, -0.2) is 29.9 Å². The van der Waals surface area contributed by atoms with E-state index in [1.165, 1.54) is 29.5 Å². The topological polar surface area (TPSA) is 56.1 Å². The minimum Gasteiger partial charge on any atom is -0.322 e. The maximum absolute atomic E-state index is 12.7. The van der Waals surface area contributed by atoms with Gasteiger partial charge < -0.3 is 10.2 Å². The number of amides is 1. The lowest BCUT2D eigenvalue weighted by Gasteiger charge is -2.40. The SMILES string of the molecule is Cc1cc(C(=O)Nc2ccccc2)ccc1C1CCC(N2CCC(C#N)(c3ccccc3)CC2)C1. The zero-order valence-corrected chi connectivity index (χ0v) is 20.4. The number of carbonyl (C=O) groups excluding carboxylic acids is 1. The molecule has 5 rings (SSSR count). The molecular formula is C31H33N3O. The fourth-order valence-corrected chi connectivity index (χ4v) is 6.06. The Kier molecular flexibility index (Phi) is 6.70. The number of nitrogens with zero attached hydrogens (tertiary/aromatic N) is 2. The maximum Gasteiger partial charge on any atom is 0.255 e. The van der Waals surface area contributed by atoms with Crippen LogP contribution < -0.4 is 5.32 Å². The van der Waals surface area contributed by atoms with Crippen molar-refractivity contribution in [2.75, 3.05) is 18.4 Å². The van der Waals surface area contributed by atoms with E-state index in [0.717, 1.165) is 38.0 Å². The van der Waals surface area contributed by atoms with E-state index in [0.29, 0.717) is 17.5 Å². The fourth-order valence-electron chi connectivity index (χ4n) is 6.06. The molecule has 1 aliphatic carbocycles. The van der Waals surface area contributed by atoms with E-state index in [9.17, 15) is 10.1 Å². The van der Waals surface area contributed by atoms with E-state index >= 15 is 0 Å². The Balaban J connectivity index is 1.21. The first-order valence-corrected chi connectivity index (χ1v) is 12.8. The third-order valence-electron chi connectivity index (χ3n) is 8.12. The van der Waals surface area contributed by atoms with E-state index in [1.54, 1.807) is 0 Å². The number of aryl methyl sites for hydroxylation is 1. The zero-order valence-electron chi connectivity index (χ0n) is 20.4. The Hall–Kier alpha value is -3.42. The van der Waals surface area contributed by atoms with Crippen molar-refractivity contribution < 1.29 is 4.79 Å². The summed E-state index contributed by atoms with van der Waals surface area (Å²) in [5, 5.41) is 13.0. The Morgan fingerprint density at radius 2 is 1.66 bits per heavy atom. The first kappa shape index (κ1) is 23.3. The first-order chi connectivity index (χ1) is 17.1. The Labute approximate surface area is 208 Å². The number of rotatable bonds is 5. The van der Waals surface area contributed by atoms with Gasteiger partial charge >= 0.3 is 0 Å². The molecule has 178 valence electrons. The number of carbonyl (C=O) groups is 1. The molecule has 1 amide bonds. The van der Waals surface area contributed by atoms with Gasteiger partial charge in [0.25, 0.3) is 5.91 Å². The molecule has 2 aliphatic rings. The fraction of sp³-hybridized carbons (Fsp3) is 0.355. The predicted octanol–water partition coefficient (Wildman–Crippen LogP) is 6.44. The molecule has 0 bridgehead atoms. The van der Waals surface area contributed by atoms with Crippen LogP contribution in [0.2, 0.25) is 0 Å². The Bertz CT molecular complexity index is 1210. The monoisotopic (exact) mass is 463 g/mol. The average molecular weight is 464 g/mol. The Morgan fingerprint density at radius 1 is 0.971 bits per heavy atom. The van der Waals surface area contributed by atoms with Gasteiger partial charge in [-0.05, 0) is 85.9 Å². The highest BCUT2D eigenvalue weighted by molar-refractivity contribution is 6.04. The number of likely N-dealkylation sites (tertiary alicyclic amines) is 1. The van der Waals surface area contributed by atoms with Crippen molar-refractivity contribution in [1.82, 2.24) is 4.90 Å². The van der Waals surface area contributed by atoms with Crippen molar-refractivity contribution in [3.8, 4) is 6.07 Å². The highest BCUT2D eigenvalue weighted by Gasteiger charge is 2.40. The summed E-state index contributed by atoms with van der Waals surface area (Å²) in [6, 6.07) is 29.3. The molecule has 1 saturated carbocycles. The lowest BCUT2D eigenvalue weighted by atomic mass is 9.74. The molecule has 2 unspecified atom stereocenters. The van der Waals surface area contributed by atoms with Gasteiger partial charge in [0.05, 0.1) is 11.5 Å². The highest BCUT2D eigenvalue weighted by Crippen LogP contribution is 2.42. The van der Waals surface area contributed by atoms with E-state index in [1.807, 2.05) is 60.7 Å². The molecule has 2 fully saturated rings. The Morgan fingerprint density at radius 3 is 2.31 bits per heavy atom. The third-order valence-corrected chi connectivity index (χ3v) is 8.12. The van der Waals surface area contributed by atoms with Crippen molar-refractivity contribution in [2.24, 2.45) is 0 Å². The molecule has 3 aromatic rings. The molecule has 0 radical (unpaired) electrons. The molecule has 0 aromatic heterocycles. The van der Waals surface area contributed by atoms with Gasteiger partial charge in [-0.25, -0.2) is 0 Å². The van der Waals surface area contributed by atoms with Crippen LogP contribution in [0.5, 0.6) is 0 Å². The predicted molar refractivity (Wildman–Crippen MR) is 140 cm³/mol. The molecule has 3 aromatic carbocycles. The molecule has 1 N–H and O–H groups in total. The summed E-state index contributed by atoms with van der Waals surface area (Å²) in [5.74, 6) is 0.464. The van der Waals surface area contributed by atoms with Crippen LogP contribution in [0.25, 0.3) is 0 Å². The number of hydrogen-bond donors (Lipinski definition) is 1. The highest BCUT2D eigenvalue weighted by atomic mass is 16.1. The molecular weight excluding hydrogens is 430 g/mol. The standard InChI is InChI=1S/C31H33N3O/c1-23-20-25(30(35)33-27-10-6-3-7-11-27)13-15-29(23)24-12-14-28(21-24)34-18-16-31(22-32,17-19-34)26-8-4-2-5-9-26/h2-11,13,15,20,24,28H,12,14,16-19,21H2,1H3,(H,33,35). The van der Waals surface area contributed by atoms with E-state index in [-0.39, 0.29) is 11.3 Å². The van der Waals surface area contributed by atoms with Gasteiger partial charge in [-0.1, -0.05) is 54.6 Å². The second-order valence-corrected chi connectivity index (χ2v) is 10.2. The summed E-state index contributed by atoms with van der Waals surface area (Å²) < 4.78 is 0. The first-order valence-electron chi connectivity index (χ1n) is 12.8. The van der Waals surface area contributed by atoms with Crippen LogP contribution in [0.15, 0.2) is 78.9 Å². The molecule has 4 heteroatoms. The number of piperidine rings is 1. The van der Waals surface area contributed by atoms with E-state index < -0.39 is 0 Å². The lowest BCUT2D eigenvalue weighted by molar-refractivity contribution is 0.102. The minimum absolute atomic E-state index is 0.0668. The van der Waals surface area contributed by atoms with Crippen molar-refractivity contribution >= 4 is 11.6 Å². The van der Waals surface area contributed by atoms with Crippen LogP contribution in [-0.2, 0) is 5.41 Å². The van der Waals surface area contributed by atoms with Gasteiger partial charge in [0.15, 0.2) is 0 Å². The summed E-state index contributed by atoms with van der Waals surface area (Å²) in [7, 11) is 0. The van der Waals surface area contributed by atoms with Crippen LogP contribution in [0, 0.1) is 18.3 Å². The van der Waals surface area contributed by atoms with Crippen LogP contribution in [0.3, 0.4) is 0 Å². The van der Waals surface area contributed by atoms with Gasteiger partial charge in [0.1, 0.15) is 0 Å². The second-order valence-electron chi connectivity index (χ2n) is 10.2. The van der Waals surface area contributed by atoms with Gasteiger partial charge in [-0.2, -0.15) is 5.26 Å². The quantitative estimate of drug-likeness (QED) is 0.474. The minimum atomic E-state index is -0.345. The van der Waals surface area contributed by atoms with E-state index in [2.05, 4.69) is 41.4 Å². The summed E-state index contributed by atoms with van der Waals surface area (Å²) in [6.07, 6.45) is 5.34. The van der Waals surface area contributed by atoms with Crippen LogP contribution in [0.4, 0.5) is 5.69 Å². The third kappa shape index (κ3) is 4.88. The average Bonchev–Trinajstić information content (AvgIpc) is 3.40. The number of hydrogen-bond acceptors (Lipinski definition) is 3. The molecule has 0 spiro atoms. The maximum atomic E-state index is 12.7. The van der Waals surface area contributed by atoms with Gasteiger partial charge in [-0.3, -0.25) is 4.79 Å². The lowest BCUT2D eigenvalue weighted by Crippen LogP contribution is -2.45. The zero-order chi connectivity index (χ0) is 24.3. The molecule has 1 aliphatic heterocycles. The molecule has 4 nitrogen and oxygen atoms in total. The van der Waals surface area contributed by atoms with Gasteiger partial charge in [0.2, 0.25) is 0 Å². The van der Waals surface area contributed by atoms with Gasteiger partial charge in [0, 0.05) is 30.4 Å². The van der Waals surface area contributed by atoms with Crippen molar-refractivity contribution in [3.63, 3.8) is 0 Å². The normalized spacial score (nSPS) is 21.8. The van der Waals surface area contributed by atoms with Gasteiger partial charge in [-0.15, -0.1) is 0 Å². The largest absolute Gasteiger partial charge is 0.322 e. The summed E-state index contributed by atoms with van der Waals surface area (Å²) in [5.41, 5.74) is 4.90. The van der Waals surface area contributed by atoms with Crippen molar-refractivity contribution in [2.45, 2.75) is 56.4 Å².